The maximum atomic E-state index is 6.05. The summed E-state index contributed by atoms with van der Waals surface area (Å²) in [7, 11) is 0. The van der Waals surface area contributed by atoms with Gasteiger partial charge < -0.3 is 0 Å². The number of hydrogen-bond acceptors (Lipinski definition) is 3. The van der Waals surface area contributed by atoms with Gasteiger partial charge in [0.2, 0.25) is 0 Å². The van der Waals surface area contributed by atoms with Crippen LogP contribution in [0.2, 0.25) is 5.15 Å². The van der Waals surface area contributed by atoms with E-state index >= 15 is 0 Å². The molecule has 0 radical (unpaired) electrons. The van der Waals surface area contributed by atoms with Gasteiger partial charge in [-0.05, 0) is 19.3 Å². The maximum Gasteiger partial charge on any atom is 0.136 e. The van der Waals surface area contributed by atoms with E-state index in [2.05, 4.69) is 16.9 Å². The first-order valence-electron chi connectivity index (χ1n) is 5.47. The summed E-state index contributed by atoms with van der Waals surface area (Å²) in [4.78, 5) is 8.37. The first-order chi connectivity index (χ1) is 7.31. The summed E-state index contributed by atoms with van der Waals surface area (Å²) in [6.07, 6.45) is 7.83. The van der Waals surface area contributed by atoms with E-state index in [0.29, 0.717) is 5.15 Å². The van der Waals surface area contributed by atoms with Crippen molar-refractivity contribution in [1.82, 2.24) is 9.97 Å². The van der Waals surface area contributed by atoms with Crippen LogP contribution in [-0.2, 0) is 6.42 Å². The minimum atomic E-state index is 0.619. The summed E-state index contributed by atoms with van der Waals surface area (Å²) >= 11 is 7.93. The quantitative estimate of drug-likeness (QED) is 0.756. The van der Waals surface area contributed by atoms with E-state index < -0.39 is 0 Å². The van der Waals surface area contributed by atoms with Crippen molar-refractivity contribution in [2.75, 3.05) is 0 Å². The Morgan fingerprint density at radius 2 is 2.13 bits per heavy atom. The van der Waals surface area contributed by atoms with Gasteiger partial charge in [-0.2, -0.15) is 0 Å². The predicted octanol–water partition coefficient (Wildman–Crippen LogP) is 3.73. The summed E-state index contributed by atoms with van der Waals surface area (Å²) in [5, 5.41) is 2.44. The van der Waals surface area contributed by atoms with Crippen LogP contribution in [0.4, 0.5) is 0 Å². The largest absolute Gasteiger partial charge is 0.230 e. The first kappa shape index (κ1) is 11.2. The molecule has 0 aliphatic heterocycles. The minimum absolute atomic E-state index is 0.619. The first-order valence-corrected chi connectivity index (χ1v) is 6.73. The highest BCUT2D eigenvalue weighted by Gasteiger charge is 2.19. The van der Waals surface area contributed by atoms with Crippen LogP contribution in [0.5, 0.6) is 0 Å². The van der Waals surface area contributed by atoms with Crippen LogP contribution in [-0.4, -0.2) is 15.2 Å². The van der Waals surface area contributed by atoms with Gasteiger partial charge in [-0.3, -0.25) is 0 Å². The molecule has 0 saturated heterocycles. The Morgan fingerprint density at radius 3 is 2.80 bits per heavy atom. The van der Waals surface area contributed by atoms with E-state index in [-0.39, 0.29) is 0 Å². The number of rotatable bonds is 3. The van der Waals surface area contributed by atoms with Crippen LogP contribution in [0.25, 0.3) is 0 Å². The molecule has 1 saturated carbocycles. The third-order valence-electron chi connectivity index (χ3n) is 2.79. The van der Waals surface area contributed by atoms with Crippen molar-refractivity contribution in [3.8, 4) is 0 Å². The van der Waals surface area contributed by atoms with Crippen molar-refractivity contribution in [2.45, 2.75) is 49.3 Å². The molecule has 15 heavy (non-hydrogen) atoms. The topological polar surface area (TPSA) is 25.8 Å². The Labute approximate surface area is 99.8 Å². The molecule has 0 bridgehead atoms. The molecule has 0 N–H and O–H groups in total. The smallest absolute Gasteiger partial charge is 0.136 e. The second kappa shape index (κ2) is 5.17. The lowest BCUT2D eigenvalue weighted by atomic mass is 10.3. The van der Waals surface area contributed by atoms with Gasteiger partial charge in [-0.15, -0.1) is 11.8 Å². The van der Waals surface area contributed by atoms with E-state index in [1.165, 1.54) is 25.7 Å². The van der Waals surface area contributed by atoms with E-state index in [4.69, 9.17) is 11.6 Å². The minimum Gasteiger partial charge on any atom is -0.230 e. The molecule has 1 aliphatic carbocycles. The highest BCUT2D eigenvalue weighted by atomic mass is 35.5. The van der Waals surface area contributed by atoms with Crippen molar-refractivity contribution >= 4 is 23.4 Å². The zero-order valence-corrected chi connectivity index (χ0v) is 10.4. The zero-order chi connectivity index (χ0) is 10.7. The summed E-state index contributed by atoms with van der Waals surface area (Å²) in [6, 6.07) is 0. The van der Waals surface area contributed by atoms with Gasteiger partial charge in [0.15, 0.2) is 0 Å². The fourth-order valence-corrected chi connectivity index (χ4v) is 3.64. The zero-order valence-electron chi connectivity index (χ0n) is 8.87. The van der Waals surface area contributed by atoms with Crippen LogP contribution in [0.15, 0.2) is 11.4 Å². The second-order valence-corrected chi connectivity index (χ2v) is 5.47. The van der Waals surface area contributed by atoms with Crippen molar-refractivity contribution in [3.05, 3.63) is 17.0 Å². The number of aromatic nitrogens is 2. The Balaban J connectivity index is 2.15. The van der Waals surface area contributed by atoms with Gasteiger partial charge in [-0.25, -0.2) is 9.97 Å². The number of hydrogen-bond donors (Lipinski definition) is 0. The van der Waals surface area contributed by atoms with E-state index in [1.807, 2.05) is 11.8 Å². The van der Waals surface area contributed by atoms with Gasteiger partial charge >= 0.3 is 0 Å². The lowest BCUT2D eigenvalue weighted by Gasteiger charge is -2.11. The van der Waals surface area contributed by atoms with Gasteiger partial charge in [0.25, 0.3) is 0 Å². The normalized spacial score (nSPS) is 17.2. The molecule has 1 aromatic rings. The van der Waals surface area contributed by atoms with Crippen molar-refractivity contribution in [1.29, 1.82) is 0 Å². The van der Waals surface area contributed by atoms with E-state index in [9.17, 15) is 0 Å². The average Bonchev–Trinajstić information content (AvgIpc) is 2.71. The van der Waals surface area contributed by atoms with Crippen LogP contribution < -0.4 is 0 Å². The molecule has 1 fully saturated rings. The van der Waals surface area contributed by atoms with Crippen LogP contribution in [0, 0.1) is 0 Å². The molecule has 1 aromatic heterocycles. The predicted molar refractivity (Wildman–Crippen MR) is 64.5 cm³/mol. The summed E-state index contributed by atoms with van der Waals surface area (Å²) in [5.74, 6) is 0. The molecule has 0 aromatic carbocycles. The third-order valence-corrected chi connectivity index (χ3v) is 4.49. The van der Waals surface area contributed by atoms with E-state index in [0.717, 1.165) is 22.3 Å². The molecule has 1 heterocycles. The SMILES string of the molecule is CCc1c(Cl)ncnc1SC1CCCC1. The fraction of sp³-hybridized carbons (Fsp3) is 0.636. The summed E-state index contributed by atoms with van der Waals surface area (Å²) in [6.45, 7) is 2.10. The number of halogens is 1. The van der Waals surface area contributed by atoms with Crippen molar-refractivity contribution in [2.24, 2.45) is 0 Å². The third kappa shape index (κ3) is 2.64. The molecule has 0 unspecified atom stereocenters. The maximum absolute atomic E-state index is 6.05. The molecule has 0 amide bonds. The van der Waals surface area contributed by atoms with Crippen molar-refractivity contribution < 1.29 is 0 Å². The Kier molecular flexibility index (Phi) is 3.87. The monoisotopic (exact) mass is 242 g/mol. The lowest BCUT2D eigenvalue weighted by Crippen LogP contribution is -1.99. The molecule has 2 nitrogen and oxygen atoms in total. The summed E-state index contributed by atoms with van der Waals surface area (Å²) in [5.41, 5.74) is 1.11. The van der Waals surface area contributed by atoms with Crippen LogP contribution >= 0.6 is 23.4 Å². The molecule has 2 rings (SSSR count). The highest BCUT2D eigenvalue weighted by Crippen LogP contribution is 2.36. The van der Waals surface area contributed by atoms with Gasteiger partial charge in [0.1, 0.15) is 16.5 Å². The molecule has 4 heteroatoms. The highest BCUT2D eigenvalue weighted by molar-refractivity contribution is 7.99. The molecule has 1 aliphatic rings. The Hall–Kier alpha value is -0.280. The molecule has 82 valence electrons. The molecular formula is C11H15ClN2S. The van der Waals surface area contributed by atoms with E-state index in [1.54, 1.807) is 6.33 Å². The van der Waals surface area contributed by atoms with Gasteiger partial charge in [-0.1, -0.05) is 31.4 Å². The fourth-order valence-electron chi connectivity index (χ4n) is 1.94. The Morgan fingerprint density at radius 1 is 1.40 bits per heavy atom. The lowest BCUT2D eigenvalue weighted by molar-refractivity contribution is 0.886. The standard InChI is InChI=1S/C11H15ClN2S/c1-2-9-10(12)13-7-14-11(9)15-8-5-3-4-6-8/h7-8H,2-6H2,1H3. The second-order valence-electron chi connectivity index (χ2n) is 3.83. The number of thioether (sulfide) groups is 1. The molecule has 0 atom stereocenters. The number of nitrogens with zero attached hydrogens (tertiary/aromatic N) is 2. The van der Waals surface area contributed by atoms with Gasteiger partial charge in [0.05, 0.1) is 0 Å². The van der Waals surface area contributed by atoms with Crippen LogP contribution in [0.3, 0.4) is 0 Å². The summed E-state index contributed by atoms with van der Waals surface area (Å²) < 4.78 is 0. The average molecular weight is 243 g/mol. The molecular weight excluding hydrogens is 228 g/mol. The Bertz CT molecular complexity index is 337. The van der Waals surface area contributed by atoms with Crippen LogP contribution in [0.1, 0.15) is 38.2 Å². The van der Waals surface area contributed by atoms with Gasteiger partial charge in [0, 0.05) is 10.8 Å². The van der Waals surface area contributed by atoms with Crippen molar-refractivity contribution in [3.63, 3.8) is 0 Å². The molecule has 0 spiro atoms.